The summed E-state index contributed by atoms with van der Waals surface area (Å²) in [5, 5.41) is 3.07. The standard InChI is InChI=1S/C13H29N3O/c1-7-11(8-2)15-12(17)10(3)16(6)13(4,5)9-14/h10-11H,7-9,14H2,1-6H3,(H,15,17). The summed E-state index contributed by atoms with van der Waals surface area (Å²) in [4.78, 5) is 14.1. The van der Waals surface area contributed by atoms with Crippen LogP contribution in [0, 0.1) is 0 Å². The van der Waals surface area contributed by atoms with E-state index < -0.39 is 0 Å². The molecular formula is C13H29N3O. The summed E-state index contributed by atoms with van der Waals surface area (Å²) in [5.41, 5.74) is 5.56. The van der Waals surface area contributed by atoms with Crippen LogP contribution in [0.3, 0.4) is 0 Å². The highest BCUT2D eigenvalue weighted by molar-refractivity contribution is 5.81. The van der Waals surface area contributed by atoms with Gasteiger partial charge in [0.2, 0.25) is 5.91 Å². The van der Waals surface area contributed by atoms with Crippen molar-refractivity contribution >= 4 is 5.91 Å². The minimum atomic E-state index is -0.162. The summed E-state index contributed by atoms with van der Waals surface area (Å²) in [6.07, 6.45) is 1.94. The number of hydrogen-bond acceptors (Lipinski definition) is 3. The molecule has 0 rings (SSSR count). The van der Waals surface area contributed by atoms with Crippen LogP contribution in [0.15, 0.2) is 0 Å². The van der Waals surface area contributed by atoms with Gasteiger partial charge in [0.05, 0.1) is 6.04 Å². The van der Waals surface area contributed by atoms with Gasteiger partial charge >= 0.3 is 0 Å². The van der Waals surface area contributed by atoms with Gasteiger partial charge in [-0.25, -0.2) is 0 Å². The molecule has 0 aromatic heterocycles. The van der Waals surface area contributed by atoms with Crippen molar-refractivity contribution < 1.29 is 4.79 Å². The lowest BCUT2D eigenvalue weighted by Gasteiger charge is -2.38. The van der Waals surface area contributed by atoms with Gasteiger partial charge in [0.15, 0.2) is 0 Å². The fourth-order valence-corrected chi connectivity index (χ4v) is 1.66. The topological polar surface area (TPSA) is 58.4 Å². The van der Waals surface area contributed by atoms with Crippen LogP contribution < -0.4 is 11.1 Å². The first-order valence-corrected chi connectivity index (χ1v) is 6.53. The lowest BCUT2D eigenvalue weighted by molar-refractivity contribution is -0.128. The molecule has 1 atom stereocenters. The molecule has 0 radical (unpaired) electrons. The molecule has 0 spiro atoms. The van der Waals surface area contributed by atoms with E-state index in [1.807, 2.05) is 32.7 Å². The molecule has 0 aromatic rings. The number of amides is 1. The van der Waals surface area contributed by atoms with Gasteiger partial charge in [0, 0.05) is 18.1 Å². The second kappa shape index (κ2) is 6.97. The van der Waals surface area contributed by atoms with Gasteiger partial charge in [0.1, 0.15) is 0 Å². The van der Waals surface area contributed by atoms with Gasteiger partial charge in [-0.05, 0) is 40.7 Å². The Morgan fingerprint density at radius 2 is 1.82 bits per heavy atom. The quantitative estimate of drug-likeness (QED) is 0.709. The van der Waals surface area contributed by atoms with Crippen molar-refractivity contribution in [3.8, 4) is 0 Å². The first-order valence-electron chi connectivity index (χ1n) is 6.53. The molecule has 0 aromatic carbocycles. The maximum Gasteiger partial charge on any atom is 0.237 e. The monoisotopic (exact) mass is 243 g/mol. The molecule has 0 saturated carbocycles. The molecule has 0 saturated heterocycles. The van der Waals surface area contributed by atoms with Crippen molar-refractivity contribution in [3.05, 3.63) is 0 Å². The highest BCUT2D eigenvalue weighted by Crippen LogP contribution is 2.14. The van der Waals surface area contributed by atoms with E-state index in [1.54, 1.807) is 0 Å². The summed E-state index contributed by atoms with van der Waals surface area (Å²) < 4.78 is 0. The number of nitrogens with zero attached hydrogens (tertiary/aromatic N) is 1. The number of nitrogens with two attached hydrogens (primary N) is 1. The highest BCUT2D eigenvalue weighted by atomic mass is 16.2. The number of rotatable bonds is 7. The SMILES string of the molecule is CCC(CC)NC(=O)C(C)N(C)C(C)(C)CN. The first kappa shape index (κ1) is 16.4. The molecule has 0 aliphatic rings. The third-order valence-electron chi connectivity index (χ3n) is 3.75. The Balaban J connectivity index is 4.49. The zero-order valence-corrected chi connectivity index (χ0v) is 12.2. The van der Waals surface area contributed by atoms with Crippen molar-refractivity contribution in [2.45, 2.75) is 65.1 Å². The fourth-order valence-electron chi connectivity index (χ4n) is 1.66. The van der Waals surface area contributed by atoms with Gasteiger partial charge in [-0.2, -0.15) is 0 Å². The molecule has 0 fully saturated rings. The largest absolute Gasteiger partial charge is 0.352 e. The van der Waals surface area contributed by atoms with Crippen LogP contribution in [-0.4, -0.2) is 42.0 Å². The van der Waals surface area contributed by atoms with E-state index in [1.165, 1.54) is 0 Å². The molecule has 1 amide bonds. The molecular weight excluding hydrogens is 214 g/mol. The summed E-state index contributed by atoms with van der Waals surface area (Å²) in [6.45, 7) is 10.7. The highest BCUT2D eigenvalue weighted by Gasteiger charge is 2.30. The minimum absolute atomic E-state index is 0.0859. The Morgan fingerprint density at radius 3 is 2.18 bits per heavy atom. The van der Waals surface area contributed by atoms with Gasteiger partial charge in [-0.15, -0.1) is 0 Å². The minimum Gasteiger partial charge on any atom is -0.352 e. The van der Waals surface area contributed by atoms with Crippen molar-refractivity contribution in [3.63, 3.8) is 0 Å². The molecule has 0 bridgehead atoms. The molecule has 0 aliphatic carbocycles. The normalized spacial score (nSPS) is 14.2. The van der Waals surface area contributed by atoms with Crippen molar-refractivity contribution in [1.82, 2.24) is 10.2 Å². The predicted molar refractivity (Wildman–Crippen MR) is 72.9 cm³/mol. The Morgan fingerprint density at radius 1 is 1.35 bits per heavy atom. The third-order valence-corrected chi connectivity index (χ3v) is 3.75. The molecule has 1 unspecified atom stereocenters. The second-order valence-corrected chi connectivity index (χ2v) is 5.33. The van der Waals surface area contributed by atoms with Crippen LogP contribution in [0.2, 0.25) is 0 Å². The average Bonchev–Trinajstić information content (AvgIpc) is 2.33. The summed E-state index contributed by atoms with van der Waals surface area (Å²) in [5.74, 6) is 0.0859. The van der Waals surface area contributed by atoms with E-state index in [4.69, 9.17) is 5.73 Å². The van der Waals surface area contributed by atoms with Crippen LogP contribution in [0.25, 0.3) is 0 Å². The van der Waals surface area contributed by atoms with Crippen LogP contribution in [0.4, 0.5) is 0 Å². The average molecular weight is 243 g/mol. The summed E-state index contributed by atoms with van der Waals surface area (Å²) in [6, 6.07) is 0.119. The van der Waals surface area contributed by atoms with Crippen LogP contribution >= 0.6 is 0 Å². The number of hydrogen-bond donors (Lipinski definition) is 2. The maximum absolute atomic E-state index is 12.1. The van der Waals surface area contributed by atoms with E-state index in [0.717, 1.165) is 12.8 Å². The Labute approximate surface area is 106 Å². The molecule has 0 heterocycles. The Bertz CT molecular complexity index is 237. The van der Waals surface area contributed by atoms with Gasteiger partial charge in [-0.1, -0.05) is 13.8 Å². The zero-order chi connectivity index (χ0) is 13.6. The summed E-state index contributed by atoms with van der Waals surface area (Å²) >= 11 is 0. The number of carbonyl (C=O) groups excluding carboxylic acids is 1. The fraction of sp³-hybridized carbons (Fsp3) is 0.923. The molecule has 4 nitrogen and oxygen atoms in total. The van der Waals surface area contributed by atoms with Gasteiger partial charge in [-0.3, -0.25) is 9.69 Å². The smallest absolute Gasteiger partial charge is 0.237 e. The maximum atomic E-state index is 12.1. The molecule has 3 N–H and O–H groups in total. The van der Waals surface area contributed by atoms with Crippen molar-refractivity contribution in [2.75, 3.05) is 13.6 Å². The number of likely N-dealkylation sites (N-methyl/N-ethyl adjacent to an activating group) is 1. The van der Waals surface area contributed by atoms with Crippen LogP contribution in [0.5, 0.6) is 0 Å². The van der Waals surface area contributed by atoms with Gasteiger partial charge < -0.3 is 11.1 Å². The van der Waals surface area contributed by atoms with E-state index >= 15 is 0 Å². The molecule has 4 heteroatoms. The van der Waals surface area contributed by atoms with Crippen LogP contribution in [0.1, 0.15) is 47.5 Å². The number of nitrogens with one attached hydrogen (secondary N) is 1. The van der Waals surface area contributed by atoms with E-state index in [-0.39, 0.29) is 23.5 Å². The molecule has 17 heavy (non-hydrogen) atoms. The number of carbonyl (C=O) groups is 1. The lowest BCUT2D eigenvalue weighted by atomic mass is 10.0. The van der Waals surface area contributed by atoms with Crippen molar-refractivity contribution in [2.24, 2.45) is 5.73 Å². The Kier molecular flexibility index (Phi) is 6.72. The van der Waals surface area contributed by atoms with Crippen molar-refractivity contribution in [1.29, 1.82) is 0 Å². The van der Waals surface area contributed by atoms with Gasteiger partial charge in [0.25, 0.3) is 0 Å². The first-order chi connectivity index (χ1) is 7.80. The third kappa shape index (κ3) is 4.64. The lowest BCUT2D eigenvalue weighted by Crippen LogP contribution is -2.56. The summed E-state index contributed by atoms with van der Waals surface area (Å²) in [7, 11) is 1.95. The van der Waals surface area contributed by atoms with E-state index in [0.29, 0.717) is 6.54 Å². The zero-order valence-electron chi connectivity index (χ0n) is 12.2. The van der Waals surface area contributed by atoms with E-state index in [2.05, 4.69) is 19.2 Å². The molecule has 0 aliphatic heterocycles. The van der Waals surface area contributed by atoms with E-state index in [9.17, 15) is 4.79 Å². The Hall–Kier alpha value is -0.610. The predicted octanol–water partition coefficient (Wildman–Crippen LogP) is 1.35. The second-order valence-electron chi connectivity index (χ2n) is 5.33. The van der Waals surface area contributed by atoms with Crippen LogP contribution in [-0.2, 0) is 4.79 Å². The molecule has 102 valence electrons.